The molecule has 2 nitrogen and oxygen atoms in total. The van der Waals surface area contributed by atoms with Crippen LogP contribution in [0.25, 0.3) is 38.6 Å². The molecule has 0 N–H and O–H groups in total. The van der Waals surface area contributed by atoms with E-state index in [-0.39, 0.29) is 6.71 Å². The third-order valence-corrected chi connectivity index (χ3v) is 8.88. The second-order valence-corrected chi connectivity index (χ2v) is 11.8. The van der Waals surface area contributed by atoms with Crippen molar-refractivity contribution in [1.82, 2.24) is 4.57 Å². The molecule has 1 aromatic heterocycles. The van der Waals surface area contributed by atoms with Crippen LogP contribution in [0.3, 0.4) is 0 Å². The van der Waals surface area contributed by atoms with E-state index >= 15 is 0 Å². The fraction of sp³-hybridized carbons (Fsp3) is 0.167. The first kappa shape index (κ1) is 22.7. The quantitative estimate of drug-likeness (QED) is 0.224. The topological polar surface area (TPSA) is 14.2 Å². The Morgan fingerprint density at radius 2 is 1.49 bits per heavy atom. The fourth-order valence-corrected chi connectivity index (χ4v) is 7.31. The van der Waals surface area contributed by atoms with Gasteiger partial charge in [0.25, 0.3) is 6.71 Å². The van der Waals surface area contributed by atoms with Crippen LogP contribution in [0.5, 0.6) is 11.5 Å². The molecule has 2 aliphatic heterocycles. The molecule has 0 saturated heterocycles. The Labute approximate surface area is 229 Å². The van der Waals surface area contributed by atoms with Crippen molar-refractivity contribution in [3.8, 4) is 28.3 Å². The molecule has 6 aromatic rings. The van der Waals surface area contributed by atoms with Crippen molar-refractivity contribution in [2.24, 2.45) is 0 Å². The summed E-state index contributed by atoms with van der Waals surface area (Å²) in [4.78, 5) is 0. The van der Waals surface area contributed by atoms with Gasteiger partial charge in [0.05, 0.1) is 5.52 Å². The first-order valence-corrected chi connectivity index (χ1v) is 14.0. The molecule has 0 amide bonds. The predicted molar refractivity (Wildman–Crippen MR) is 166 cm³/mol. The van der Waals surface area contributed by atoms with Crippen LogP contribution in [0, 0.1) is 20.8 Å². The molecule has 2 aliphatic rings. The molecule has 188 valence electrons. The number of ether oxygens (including phenoxy) is 1. The average Bonchev–Trinajstić information content (AvgIpc) is 3.25. The lowest BCUT2D eigenvalue weighted by Crippen LogP contribution is -2.58. The predicted octanol–water partition coefficient (Wildman–Crippen LogP) is 7.43. The molecule has 39 heavy (non-hydrogen) atoms. The Kier molecular flexibility index (Phi) is 4.60. The molecule has 8 rings (SSSR count). The lowest BCUT2D eigenvalue weighted by molar-refractivity contribution is 0.486. The van der Waals surface area contributed by atoms with Crippen LogP contribution in [0.2, 0.25) is 0 Å². The molecule has 3 heteroatoms. The van der Waals surface area contributed by atoms with Gasteiger partial charge in [0.2, 0.25) is 0 Å². The van der Waals surface area contributed by atoms with Crippen molar-refractivity contribution in [2.75, 3.05) is 0 Å². The van der Waals surface area contributed by atoms with E-state index in [1.165, 1.54) is 77.3 Å². The highest BCUT2D eigenvalue weighted by Gasteiger charge is 2.40. The molecule has 0 unspecified atom stereocenters. The summed E-state index contributed by atoms with van der Waals surface area (Å²) in [5.74, 6) is 2.36. The minimum atomic E-state index is 0.117. The van der Waals surface area contributed by atoms with Gasteiger partial charge in [0.1, 0.15) is 11.5 Å². The smallest absolute Gasteiger partial charge is 0.256 e. The molecule has 0 saturated carbocycles. The van der Waals surface area contributed by atoms with Crippen LogP contribution in [0.4, 0.5) is 0 Å². The van der Waals surface area contributed by atoms with Crippen LogP contribution < -0.4 is 21.1 Å². The Morgan fingerprint density at radius 3 is 2.28 bits per heavy atom. The van der Waals surface area contributed by atoms with E-state index in [1.54, 1.807) is 0 Å². The highest BCUT2D eigenvalue weighted by molar-refractivity contribution is 6.99. The summed E-state index contributed by atoms with van der Waals surface area (Å²) in [5.41, 5.74) is 15.6. The van der Waals surface area contributed by atoms with Crippen LogP contribution in [-0.4, -0.2) is 11.3 Å². The van der Waals surface area contributed by atoms with E-state index in [0.717, 1.165) is 11.5 Å². The summed E-state index contributed by atoms with van der Waals surface area (Å²) >= 11 is 0. The molecule has 0 atom stereocenters. The third kappa shape index (κ3) is 3.05. The zero-order chi connectivity index (χ0) is 26.6. The largest absolute Gasteiger partial charge is 0.458 e. The summed E-state index contributed by atoms with van der Waals surface area (Å²) in [6.07, 6.45) is 0. The third-order valence-electron chi connectivity index (χ3n) is 8.88. The highest BCUT2D eigenvalue weighted by Crippen LogP contribution is 2.39. The van der Waals surface area contributed by atoms with Gasteiger partial charge < -0.3 is 9.30 Å². The molecule has 5 aromatic carbocycles. The minimum Gasteiger partial charge on any atom is -0.458 e. The highest BCUT2D eigenvalue weighted by atomic mass is 16.5. The van der Waals surface area contributed by atoms with Gasteiger partial charge in [-0.25, -0.2) is 0 Å². The van der Waals surface area contributed by atoms with Crippen molar-refractivity contribution >= 4 is 44.9 Å². The Hall–Kier alpha value is -4.24. The van der Waals surface area contributed by atoms with Gasteiger partial charge in [0.15, 0.2) is 0 Å². The zero-order valence-electron chi connectivity index (χ0n) is 23.1. The Balaban J connectivity index is 1.48. The number of fused-ring (bicyclic) bond motifs is 7. The summed E-state index contributed by atoms with van der Waals surface area (Å²) < 4.78 is 9.27. The van der Waals surface area contributed by atoms with Crippen LogP contribution in [0.15, 0.2) is 84.9 Å². The van der Waals surface area contributed by atoms with E-state index < -0.39 is 0 Å². The van der Waals surface area contributed by atoms with Gasteiger partial charge in [-0.1, -0.05) is 80.1 Å². The van der Waals surface area contributed by atoms with Crippen LogP contribution in [0.1, 0.15) is 42.0 Å². The number of hydrogen-bond acceptors (Lipinski definition) is 1. The SMILES string of the molecule is Cc1cc(C)c(-c2ccc3c(c2)B2c4c(cc(C(C)C)cc4-n4c5ccccc5c5cccc2c54)O3)c(C)c1. The lowest BCUT2D eigenvalue weighted by atomic mass is 9.34. The molecular formula is C36H30BNO. The summed E-state index contributed by atoms with van der Waals surface area (Å²) in [6.45, 7) is 11.3. The van der Waals surface area contributed by atoms with E-state index in [9.17, 15) is 0 Å². The second kappa shape index (κ2) is 7.89. The first-order chi connectivity index (χ1) is 18.9. The Bertz CT molecular complexity index is 1990. The molecule has 3 heterocycles. The van der Waals surface area contributed by atoms with Crippen molar-refractivity contribution in [1.29, 1.82) is 0 Å². The van der Waals surface area contributed by atoms with Crippen LogP contribution in [-0.2, 0) is 0 Å². The van der Waals surface area contributed by atoms with Crippen LogP contribution >= 0.6 is 0 Å². The van der Waals surface area contributed by atoms with Crippen molar-refractivity contribution in [3.63, 3.8) is 0 Å². The molecule has 0 aliphatic carbocycles. The van der Waals surface area contributed by atoms with Gasteiger partial charge >= 0.3 is 0 Å². The monoisotopic (exact) mass is 503 g/mol. The van der Waals surface area contributed by atoms with Gasteiger partial charge in [-0.3, -0.25) is 0 Å². The van der Waals surface area contributed by atoms with Gasteiger partial charge in [-0.05, 0) is 95.2 Å². The normalized spacial score (nSPS) is 13.1. The maximum atomic E-state index is 6.77. The fourth-order valence-electron chi connectivity index (χ4n) is 7.31. The molecule has 0 radical (unpaired) electrons. The number of para-hydroxylation sites is 2. The lowest BCUT2D eigenvalue weighted by Gasteiger charge is -2.34. The summed E-state index contributed by atoms with van der Waals surface area (Å²) in [7, 11) is 0. The molecular weight excluding hydrogens is 473 g/mol. The Morgan fingerprint density at radius 1 is 0.718 bits per heavy atom. The van der Waals surface area contributed by atoms with E-state index in [1.807, 2.05) is 0 Å². The average molecular weight is 503 g/mol. The van der Waals surface area contributed by atoms with Gasteiger partial charge in [0, 0.05) is 22.0 Å². The van der Waals surface area contributed by atoms with E-state index in [4.69, 9.17) is 4.74 Å². The zero-order valence-corrected chi connectivity index (χ0v) is 23.1. The number of aryl methyl sites for hydroxylation is 3. The minimum absolute atomic E-state index is 0.117. The maximum absolute atomic E-state index is 6.77. The summed E-state index contributed by atoms with van der Waals surface area (Å²) in [5, 5.41) is 2.62. The van der Waals surface area contributed by atoms with Gasteiger partial charge in [-0.15, -0.1) is 0 Å². The standard InChI is InChI=1S/C36H30BNO/c1-20(2)25-18-31-35-33(19-25)39-32-14-13-24(34-22(4)15-21(3)16-23(34)5)17-29(32)37(35)28-11-8-10-27-26-9-6-7-12-30(26)38(31)36(27)28/h6-20H,1-5H3. The number of nitrogens with zero attached hydrogens (tertiary/aromatic N) is 1. The van der Waals surface area contributed by atoms with E-state index in [0.29, 0.717) is 5.92 Å². The first-order valence-electron chi connectivity index (χ1n) is 14.0. The molecule has 0 spiro atoms. The number of rotatable bonds is 2. The number of hydrogen-bond donors (Lipinski definition) is 0. The van der Waals surface area contributed by atoms with Gasteiger partial charge in [-0.2, -0.15) is 0 Å². The van der Waals surface area contributed by atoms with Crippen molar-refractivity contribution in [2.45, 2.75) is 40.5 Å². The molecule has 0 fully saturated rings. The summed E-state index contributed by atoms with van der Waals surface area (Å²) in [6, 6.07) is 31.8. The number of aromatic nitrogens is 1. The van der Waals surface area contributed by atoms with E-state index in [2.05, 4.69) is 124 Å². The van der Waals surface area contributed by atoms with Crippen molar-refractivity contribution < 1.29 is 4.74 Å². The molecule has 0 bridgehead atoms. The second-order valence-electron chi connectivity index (χ2n) is 11.8. The maximum Gasteiger partial charge on any atom is 0.256 e. The van der Waals surface area contributed by atoms with Crippen molar-refractivity contribution in [3.05, 3.63) is 107 Å². The number of benzene rings is 5.